The molecule has 0 unspecified atom stereocenters. The second-order valence-electron chi connectivity index (χ2n) is 6.71. The van der Waals surface area contributed by atoms with Gasteiger partial charge in [0, 0.05) is 17.1 Å². The number of fused-ring (bicyclic) bond motifs is 1. The predicted molar refractivity (Wildman–Crippen MR) is 104 cm³/mol. The van der Waals surface area contributed by atoms with Crippen LogP contribution in [0, 0.1) is 13.8 Å². The van der Waals surface area contributed by atoms with E-state index in [1.54, 1.807) is 0 Å². The average molecular weight is 358 g/mol. The Hall–Kier alpha value is -2.14. The summed E-state index contributed by atoms with van der Waals surface area (Å²) in [7, 11) is 0. The number of aryl methyl sites for hydroxylation is 2. The van der Waals surface area contributed by atoms with E-state index in [4.69, 9.17) is 9.97 Å². The number of halogens is 1. The number of hydrogen-bond donors (Lipinski definition) is 1. The standard InChI is InChI=1S/C19H23N5.ClH/c1-13-12-14(2)24(23-13)19-21-17-11-7-6-10-16(17)18(22-19)20-15-8-4-3-5-9-15;/h6-7,10-12,15H,3-5,8-9H2,1-2H3,(H,20,21,22);1H. The molecule has 0 aliphatic heterocycles. The molecule has 0 spiro atoms. The summed E-state index contributed by atoms with van der Waals surface area (Å²) < 4.78 is 1.83. The number of para-hydroxylation sites is 1. The molecule has 6 heteroatoms. The van der Waals surface area contributed by atoms with Crippen LogP contribution in [-0.2, 0) is 0 Å². The number of aromatic nitrogens is 4. The Balaban J connectivity index is 0.00000182. The minimum atomic E-state index is 0. The topological polar surface area (TPSA) is 55.6 Å². The van der Waals surface area contributed by atoms with E-state index in [-0.39, 0.29) is 12.4 Å². The van der Waals surface area contributed by atoms with Crippen LogP contribution in [0.4, 0.5) is 5.82 Å². The van der Waals surface area contributed by atoms with E-state index in [0.29, 0.717) is 12.0 Å². The van der Waals surface area contributed by atoms with Gasteiger partial charge in [0.05, 0.1) is 11.2 Å². The lowest BCUT2D eigenvalue weighted by molar-refractivity contribution is 0.462. The number of nitrogens with zero attached hydrogens (tertiary/aromatic N) is 4. The van der Waals surface area contributed by atoms with Crippen LogP contribution in [0.1, 0.15) is 43.5 Å². The van der Waals surface area contributed by atoms with Crippen molar-refractivity contribution in [2.24, 2.45) is 0 Å². The van der Waals surface area contributed by atoms with Gasteiger partial charge < -0.3 is 5.32 Å². The molecule has 1 aliphatic rings. The Morgan fingerprint density at radius 1 is 1.04 bits per heavy atom. The van der Waals surface area contributed by atoms with Crippen molar-refractivity contribution in [2.45, 2.75) is 52.0 Å². The summed E-state index contributed by atoms with van der Waals surface area (Å²) in [5, 5.41) is 9.28. The van der Waals surface area contributed by atoms with Crippen LogP contribution in [0.2, 0.25) is 0 Å². The van der Waals surface area contributed by atoms with E-state index < -0.39 is 0 Å². The van der Waals surface area contributed by atoms with Gasteiger partial charge in [0.25, 0.3) is 5.95 Å². The Kier molecular flexibility index (Phi) is 5.23. The molecule has 0 saturated heterocycles. The van der Waals surface area contributed by atoms with Crippen LogP contribution in [0.25, 0.3) is 16.9 Å². The number of benzene rings is 1. The summed E-state index contributed by atoms with van der Waals surface area (Å²) in [5.41, 5.74) is 2.98. The van der Waals surface area contributed by atoms with E-state index in [2.05, 4.69) is 16.5 Å². The Bertz CT molecular complexity index is 867. The van der Waals surface area contributed by atoms with E-state index >= 15 is 0 Å². The Morgan fingerprint density at radius 2 is 1.80 bits per heavy atom. The first kappa shape index (κ1) is 17.7. The van der Waals surface area contributed by atoms with Gasteiger partial charge in [0.1, 0.15) is 5.82 Å². The second kappa shape index (κ2) is 7.40. The van der Waals surface area contributed by atoms with Crippen LogP contribution in [0.3, 0.4) is 0 Å². The molecule has 2 heterocycles. The Labute approximate surface area is 154 Å². The molecule has 4 rings (SSSR count). The number of anilines is 1. The maximum absolute atomic E-state index is 4.82. The monoisotopic (exact) mass is 357 g/mol. The molecule has 2 aromatic heterocycles. The molecule has 0 amide bonds. The van der Waals surface area contributed by atoms with Crippen LogP contribution in [0.5, 0.6) is 0 Å². The number of nitrogens with one attached hydrogen (secondary N) is 1. The average Bonchev–Trinajstić information content (AvgIpc) is 2.94. The van der Waals surface area contributed by atoms with Gasteiger partial charge in [0.2, 0.25) is 0 Å². The lowest BCUT2D eigenvalue weighted by atomic mass is 9.95. The van der Waals surface area contributed by atoms with Crippen molar-refractivity contribution >= 4 is 29.1 Å². The zero-order valence-corrected chi connectivity index (χ0v) is 15.5. The fourth-order valence-corrected chi connectivity index (χ4v) is 3.54. The van der Waals surface area contributed by atoms with Crippen LogP contribution in [0.15, 0.2) is 30.3 Å². The largest absolute Gasteiger partial charge is 0.367 e. The molecule has 0 atom stereocenters. The van der Waals surface area contributed by atoms with E-state index in [9.17, 15) is 0 Å². The summed E-state index contributed by atoms with van der Waals surface area (Å²) in [4.78, 5) is 9.54. The first-order valence-corrected chi connectivity index (χ1v) is 8.78. The van der Waals surface area contributed by atoms with Crippen molar-refractivity contribution in [3.63, 3.8) is 0 Å². The van der Waals surface area contributed by atoms with Gasteiger partial charge in [-0.05, 0) is 44.9 Å². The van der Waals surface area contributed by atoms with E-state index in [1.807, 2.05) is 42.8 Å². The third-order valence-electron chi connectivity index (χ3n) is 4.74. The minimum absolute atomic E-state index is 0. The highest BCUT2D eigenvalue weighted by molar-refractivity contribution is 5.89. The molecular weight excluding hydrogens is 334 g/mol. The molecule has 1 saturated carbocycles. The molecular formula is C19H24ClN5. The molecule has 5 nitrogen and oxygen atoms in total. The van der Waals surface area contributed by atoms with Gasteiger partial charge in [0.15, 0.2) is 0 Å². The summed E-state index contributed by atoms with van der Waals surface area (Å²) in [5.74, 6) is 1.56. The van der Waals surface area contributed by atoms with Gasteiger partial charge in [-0.2, -0.15) is 10.1 Å². The summed E-state index contributed by atoms with van der Waals surface area (Å²) in [6.45, 7) is 4.03. The highest BCUT2D eigenvalue weighted by Gasteiger charge is 2.17. The van der Waals surface area contributed by atoms with Crippen molar-refractivity contribution in [1.82, 2.24) is 19.7 Å². The Morgan fingerprint density at radius 3 is 2.52 bits per heavy atom. The molecule has 1 N–H and O–H groups in total. The smallest absolute Gasteiger partial charge is 0.253 e. The molecule has 132 valence electrons. The number of hydrogen-bond acceptors (Lipinski definition) is 4. The highest BCUT2D eigenvalue weighted by Crippen LogP contribution is 2.26. The molecule has 1 aliphatic carbocycles. The van der Waals surface area contributed by atoms with Gasteiger partial charge in [-0.15, -0.1) is 12.4 Å². The highest BCUT2D eigenvalue weighted by atomic mass is 35.5. The summed E-state index contributed by atoms with van der Waals surface area (Å²) in [6.07, 6.45) is 6.37. The third kappa shape index (κ3) is 3.61. The molecule has 3 aromatic rings. The second-order valence-corrected chi connectivity index (χ2v) is 6.71. The quantitative estimate of drug-likeness (QED) is 0.744. The third-order valence-corrected chi connectivity index (χ3v) is 4.74. The maximum Gasteiger partial charge on any atom is 0.253 e. The first-order valence-electron chi connectivity index (χ1n) is 8.78. The van der Waals surface area contributed by atoms with E-state index in [1.165, 1.54) is 32.1 Å². The van der Waals surface area contributed by atoms with E-state index in [0.717, 1.165) is 28.1 Å². The molecule has 1 fully saturated rings. The van der Waals surface area contributed by atoms with Crippen molar-refractivity contribution in [3.8, 4) is 5.95 Å². The summed E-state index contributed by atoms with van der Waals surface area (Å²) in [6, 6.07) is 10.7. The van der Waals surface area contributed by atoms with Crippen molar-refractivity contribution in [1.29, 1.82) is 0 Å². The zero-order chi connectivity index (χ0) is 16.5. The van der Waals surface area contributed by atoms with Gasteiger partial charge in [-0.25, -0.2) is 9.67 Å². The van der Waals surface area contributed by atoms with Gasteiger partial charge in [-0.1, -0.05) is 31.4 Å². The molecule has 1 aromatic carbocycles. The normalized spacial score (nSPS) is 15.1. The lowest BCUT2D eigenvalue weighted by Crippen LogP contribution is -2.23. The van der Waals surface area contributed by atoms with Gasteiger partial charge in [-0.3, -0.25) is 0 Å². The van der Waals surface area contributed by atoms with Crippen molar-refractivity contribution < 1.29 is 0 Å². The fourth-order valence-electron chi connectivity index (χ4n) is 3.54. The van der Waals surface area contributed by atoms with Crippen molar-refractivity contribution in [2.75, 3.05) is 5.32 Å². The maximum atomic E-state index is 4.82. The minimum Gasteiger partial charge on any atom is -0.367 e. The van der Waals surface area contributed by atoms with Crippen LogP contribution >= 0.6 is 12.4 Å². The number of rotatable bonds is 3. The predicted octanol–water partition coefficient (Wildman–Crippen LogP) is 4.60. The van der Waals surface area contributed by atoms with Gasteiger partial charge >= 0.3 is 0 Å². The zero-order valence-electron chi connectivity index (χ0n) is 14.7. The molecule has 25 heavy (non-hydrogen) atoms. The van der Waals surface area contributed by atoms with Crippen molar-refractivity contribution in [3.05, 3.63) is 41.7 Å². The molecule has 0 radical (unpaired) electrons. The first-order chi connectivity index (χ1) is 11.7. The SMILES string of the molecule is Cc1cc(C)n(-c2nc(NC3CCCCC3)c3ccccc3n2)n1.Cl. The fraction of sp³-hybridized carbons (Fsp3) is 0.421. The van der Waals surface area contributed by atoms with Crippen LogP contribution in [-0.4, -0.2) is 25.8 Å². The molecule has 0 bridgehead atoms. The summed E-state index contributed by atoms with van der Waals surface area (Å²) >= 11 is 0. The lowest BCUT2D eigenvalue weighted by Gasteiger charge is -2.24. The van der Waals surface area contributed by atoms with Crippen LogP contribution < -0.4 is 5.32 Å².